The number of pyridine rings is 1. The third-order valence-electron chi connectivity index (χ3n) is 6.28. The largest absolute Gasteiger partial charge is 0.417 e. The first-order chi connectivity index (χ1) is 15.1. The lowest BCUT2D eigenvalue weighted by Crippen LogP contribution is -2.62. The molecule has 0 spiro atoms. The molecule has 0 amide bonds. The van der Waals surface area contributed by atoms with E-state index in [0.717, 1.165) is 18.7 Å². The van der Waals surface area contributed by atoms with Crippen molar-refractivity contribution in [2.75, 3.05) is 36.1 Å². The summed E-state index contributed by atoms with van der Waals surface area (Å²) < 4.78 is 71.1. The second-order valence-corrected chi connectivity index (χ2v) is 10.6. The number of sulfone groups is 1. The first-order valence-corrected chi connectivity index (χ1v) is 12.0. The van der Waals surface area contributed by atoms with Crippen LogP contribution >= 0.6 is 0 Å². The number of alkyl halides is 3. The molecule has 4 rings (SSSR count). The highest BCUT2D eigenvalue weighted by molar-refractivity contribution is 7.92. The van der Waals surface area contributed by atoms with E-state index < -0.39 is 32.4 Å². The number of morpholine rings is 1. The Hall–Kier alpha value is -2.47. The third kappa shape index (κ3) is 3.90. The number of hydrogen-bond donors (Lipinski definition) is 1. The highest BCUT2D eigenvalue weighted by Gasteiger charge is 2.55. The number of hydrogen-bond acceptors (Lipinski definition) is 8. The molecule has 2 N–H and O–H groups in total. The molecule has 2 aromatic rings. The van der Waals surface area contributed by atoms with Gasteiger partial charge in [-0.15, -0.1) is 0 Å². The second kappa shape index (κ2) is 8.14. The van der Waals surface area contributed by atoms with Gasteiger partial charge in [-0.1, -0.05) is 13.3 Å². The van der Waals surface area contributed by atoms with Crippen molar-refractivity contribution in [2.24, 2.45) is 0 Å². The summed E-state index contributed by atoms with van der Waals surface area (Å²) in [5.41, 5.74) is 4.37. The molecule has 1 saturated heterocycles. The molecule has 2 aliphatic rings. The fraction of sp³-hybridized carbons (Fsp3) is 0.550. The minimum absolute atomic E-state index is 0.0310. The standard InChI is InChI=1S/C20H24F3N5O3S/c1-2-32(29,30)19(5-3-6-19)16-12-28(8-9-31-16)18-25-7-4-15(27-18)13-11-26-17(24)10-14(13)20(21,22)23/h4,7,10-11,16H,2-3,5-6,8-9,12H2,1H3,(H2,24,26). The normalized spacial score (nSPS) is 21.2. The summed E-state index contributed by atoms with van der Waals surface area (Å²) in [7, 11) is -3.34. The minimum atomic E-state index is -4.63. The highest BCUT2D eigenvalue weighted by Crippen LogP contribution is 2.45. The van der Waals surface area contributed by atoms with Crippen LogP contribution in [-0.2, 0) is 20.8 Å². The maximum absolute atomic E-state index is 13.5. The lowest BCUT2D eigenvalue weighted by Gasteiger charge is -2.49. The van der Waals surface area contributed by atoms with Gasteiger partial charge in [-0.05, 0) is 25.0 Å². The average Bonchev–Trinajstić information content (AvgIpc) is 2.72. The predicted molar refractivity (Wildman–Crippen MR) is 113 cm³/mol. The van der Waals surface area contributed by atoms with Gasteiger partial charge < -0.3 is 15.4 Å². The zero-order valence-electron chi connectivity index (χ0n) is 17.5. The first-order valence-electron chi connectivity index (χ1n) is 10.3. The van der Waals surface area contributed by atoms with E-state index in [1.165, 1.54) is 12.3 Å². The van der Waals surface area contributed by atoms with Crippen molar-refractivity contribution >= 4 is 21.6 Å². The fourth-order valence-corrected chi connectivity index (χ4v) is 6.38. The van der Waals surface area contributed by atoms with Crippen molar-refractivity contribution < 1.29 is 26.3 Å². The van der Waals surface area contributed by atoms with Crippen LogP contribution in [0.4, 0.5) is 24.9 Å². The van der Waals surface area contributed by atoms with Gasteiger partial charge >= 0.3 is 6.18 Å². The zero-order valence-corrected chi connectivity index (χ0v) is 18.3. The Balaban J connectivity index is 1.65. The van der Waals surface area contributed by atoms with Crippen LogP contribution in [0.15, 0.2) is 24.5 Å². The Bertz CT molecular complexity index is 1110. The van der Waals surface area contributed by atoms with E-state index in [9.17, 15) is 21.6 Å². The summed E-state index contributed by atoms with van der Waals surface area (Å²) >= 11 is 0. The van der Waals surface area contributed by atoms with Gasteiger partial charge in [-0.3, -0.25) is 0 Å². The fourth-order valence-electron chi connectivity index (χ4n) is 4.36. The van der Waals surface area contributed by atoms with E-state index in [1.807, 2.05) is 0 Å². The Morgan fingerprint density at radius 1 is 1.31 bits per heavy atom. The lowest BCUT2D eigenvalue weighted by atomic mass is 9.79. The Kier molecular flexibility index (Phi) is 5.78. The molecule has 0 radical (unpaired) electrons. The van der Waals surface area contributed by atoms with Gasteiger partial charge in [-0.25, -0.2) is 23.4 Å². The summed E-state index contributed by atoms with van der Waals surface area (Å²) in [6.45, 7) is 2.54. The Morgan fingerprint density at radius 3 is 2.69 bits per heavy atom. The van der Waals surface area contributed by atoms with Gasteiger partial charge in [-0.2, -0.15) is 13.2 Å². The molecule has 8 nitrogen and oxygen atoms in total. The molecular formula is C20H24F3N5O3S. The van der Waals surface area contributed by atoms with Crippen molar-refractivity contribution in [3.63, 3.8) is 0 Å². The van der Waals surface area contributed by atoms with E-state index in [1.54, 1.807) is 11.8 Å². The molecule has 174 valence electrons. The monoisotopic (exact) mass is 471 g/mol. The van der Waals surface area contributed by atoms with Crippen LogP contribution in [0.2, 0.25) is 0 Å². The van der Waals surface area contributed by atoms with Crippen LogP contribution in [0.5, 0.6) is 0 Å². The number of ether oxygens (including phenoxy) is 1. The Morgan fingerprint density at radius 2 is 2.06 bits per heavy atom. The van der Waals surface area contributed by atoms with Gasteiger partial charge in [0.25, 0.3) is 0 Å². The molecule has 1 aliphatic carbocycles. The van der Waals surface area contributed by atoms with Crippen LogP contribution in [-0.4, -0.2) is 59.7 Å². The number of nitrogens with zero attached hydrogens (tertiary/aromatic N) is 4. The van der Waals surface area contributed by atoms with Crippen molar-refractivity contribution in [3.8, 4) is 11.3 Å². The Labute approximate surface area is 183 Å². The number of halogens is 3. The molecule has 12 heteroatoms. The van der Waals surface area contributed by atoms with Crippen LogP contribution in [0.25, 0.3) is 11.3 Å². The summed E-state index contributed by atoms with van der Waals surface area (Å²) in [6, 6.07) is 2.15. The molecule has 1 saturated carbocycles. The van der Waals surface area contributed by atoms with Crippen molar-refractivity contribution in [1.29, 1.82) is 0 Å². The summed E-state index contributed by atoms with van der Waals surface area (Å²) in [5.74, 6) is 0.00172. The number of rotatable bonds is 5. The van der Waals surface area contributed by atoms with Gasteiger partial charge in [0.1, 0.15) is 10.6 Å². The van der Waals surface area contributed by atoms with Crippen LogP contribution in [0.1, 0.15) is 31.7 Å². The number of aromatic nitrogens is 3. The average molecular weight is 472 g/mol. The van der Waals surface area contributed by atoms with E-state index in [4.69, 9.17) is 10.5 Å². The van der Waals surface area contributed by atoms with Gasteiger partial charge in [0.05, 0.1) is 24.0 Å². The number of anilines is 2. The van der Waals surface area contributed by atoms with E-state index >= 15 is 0 Å². The van der Waals surface area contributed by atoms with Crippen LogP contribution in [0.3, 0.4) is 0 Å². The van der Waals surface area contributed by atoms with E-state index in [2.05, 4.69) is 15.0 Å². The minimum Gasteiger partial charge on any atom is -0.384 e. The van der Waals surface area contributed by atoms with Crippen molar-refractivity contribution in [1.82, 2.24) is 15.0 Å². The molecule has 1 atom stereocenters. The molecule has 0 aromatic carbocycles. The van der Waals surface area contributed by atoms with Gasteiger partial charge in [0, 0.05) is 36.8 Å². The summed E-state index contributed by atoms with van der Waals surface area (Å²) in [5, 5.41) is 0. The molecule has 32 heavy (non-hydrogen) atoms. The third-order valence-corrected chi connectivity index (χ3v) is 8.95. The van der Waals surface area contributed by atoms with Crippen molar-refractivity contribution in [2.45, 2.75) is 43.2 Å². The highest BCUT2D eigenvalue weighted by atomic mass is 32.2. The zero-order chi connectivity index (χ0) is 23.1. The molecule has 1 aliphatic heterocycles. The van der Waals surface area contributed by atoms with E-state index in [-0.39, 0.29) is 41.9 Å². The van der Waals surface area contributed by atoms with Crippen LogP contribution in [0, 0.1) is 0 Å². The predicted octanol–water partition coefficient (Wildman–Crippen LogP) is 2.70. The number of nitrogens with two attached hydrogens (primary N) is 1. The molecule has 3 heterocycles. The molecule has 0 bridgehead atoms. The molecule has 2 aromatic heterocycles. The van der Waals surface area contributed by atoms with Crippen molar-refractivity contribution in [3.05, 3.63) is 30.1 Å². The molecule has 2 fully saturated rings. The SMILES string of the molecule is CCS(=O)(=O)C1(C2CN(c3nccc(-c4cnc(N)cc4C(F)(F)F)n3)CCO2)CCC1. The maximum Gasteiger partial charge on any atom is 0.417 e. The number of nitrogen functional groups attached to an aromatic ring is 1. The quantitative estimate of drug-likeness (QED) is 0.709. The smallest absolute Gasteiger partial charge is 0.384 e. The van der Waals surface area contributed by atoms with Gasteiger partial charge in [0.15, 0.2) is 9.84 Å². The topological polar surface area (TPSA) is 111 Å². The van der Waals surface area contributed by atoms with E-state index in [0.29, 0.717) is 19.4 Å². The summed E-state index contributed by atoms with van der Waals surface area (Å²) in [6.07, 6.45) is -0.874. The first kappa shape index (κ1) is 22.7. The maximum atomic E-state index is 13.5. The lowest BCUT2D eigenvalue weighted by molar-refractivity contribution is -0.137. The molecular weight excluding hydrogens is 447 g/mol. The second-order valence-electron chi connectivity index (χ2n) is 8.02. The van der Waals surface area contributed by atoms with Gasteiger partial charge in [0.2, 0.25) is 5.95 Å². The van der Waals surface area contributed by atoms with Crippen LogP contribution < -0.4 is 10.6 Å². The summed E-state index contributed by atoms with van der Waals surface area (Å²) in [4.78, 5) is 14.1. The molecule has 1 unspecified atom stereocenters.